The number of rotatable bonds is 8. The van der Waals surface area contributed by atoms with Crippen molar-refractivity contribution in [1.82, 2.24) is 4.98 Å². The van der Waals surface area contributed by atoms with Gasteiger partial charge in [-0.1, -0.05) is 24.3 Å². The maximum atomic E-state index is 13.9. The standard InChI is InChI=1S/C28H27F3N2O3/c1-35-23-10-6-19(7-11-23)17-33(18-20-8-12-24(36-2)13-9-20)26-15-14-25(28(29,30)31)27(32-26)21-4-3-5-22(34)16-21/h6-16H,3-5,17-18H2,1-2H3. The molecule has 0 N–H and O–H groups in total. The first kappa shape index (κ1) is 25.3. The van der Waals surface area contributed by atoms with Crippen molar-refractivity contribution in [2.45, 2.75) is 38.5 Å². The quantitative estimate of drug-likeness (QED) is 0.358. The third kappa shape index (κ3) is 6.05. The number of carbonyl (C=O) groups is 1. The van der Waals surface area contributed by atoms with Crippen molar-refractivity contribution in [2.75, 3.05) is 19.1 Å². The van der Waals surface area contributed by atoms with E-state index in [1.165, 1.54) is 12.1 Å². The number of benzene rings is 2. The van der Waals surface area contributed by atoms with Gasteiger partial charge in [-0.3, -0.25) is 4.79 Å². The second-order valence-corrected chi connectivity index (χ2v) is 8.61. The number of hydrogen-bond acceptors (Lipinski definition) is 5. The summed E-state index contributed by atoms with van der Waals surface area (Å²) in [6.45, 7) is 0.817. The monoisotopic (exact) mass is 496 g/mol. The number of aromatic nitrogens is 1. The van der Waals surface area contributed by atoms with Gasteiger partial charge in [0.05, 0.1) is 25.5 Å². The molecular weight excluding hydrogens is 469 g/mol. The van der Waals surface area contributed by atoms with Crippen LogP contribution >= 0.6 is 0 Å². The highest BCUT2D eigenvalue weighted by Gasteiger charge is 2.36. The first-order valence-electron chi connectivity index (χ1n) is 11.6. The van der Waals surface area contributed by atoms with Gasteiger partial charge in [0, 0.05) is 19.5 Å². The molecular formula is C28H27F3N2O3. The fraction of sp³-hybridized carbons (Fsp3) is 0.286. The Balaban J connectivity index is 1.75. The minimum absolute atomic E-state index is 0.176. The molecule has 1 heterocycles. The van der Waals surface area contributed by atoms with Crippen LogP contribution in [0.25, 0.3) is 5.57 Å². The molecule has 4 rings (SSSR count). The van der Waals surface area contributed by atoms with E-state index in [2.05, 4.69) is 4.98 Å². The zero-order valence-corrected chi connectivity index (χ0v) is 20.1. The van der Waals surface area contributed by atoms with Crippen LogP contribution < -0.4 is 14.4 Å². The van der Waals surface area contributed by atoms with Crippen LogP contribution in [0, 0.1) is 0 Å². The van der Waals surface area contributed by atoms with Crippen LogP contribution in [0.3, 0.4) is 0 Å². The lowest BCUT2D eigenvalue weighted by molar-refractivity contribution is -0.138. The Hall–Kier alpha value is -3.81. The van der Waals surface area contributed by atoms with Crippen molar-refractivity contribution in [3.63, 3.8) is 0 Å². The van der Waals surface area contributed by atoms with Crippen molar-refractivity contribution >= 4 is 17.2 Å². The number of anilines is 1. The second-order valence-electron chi connectivity index (χ2n) is 8.61. The second kappa shape index (κ2) is 10.8. The van der Waals surface area contributed by atoms with Gasteiger partial charge in [0.1, 0.15) is 17.3 Å². The Morgan fingerprint density at radius 3 is 1.86 bits per heavy atom. The number of carbonyl (C=O) groups excluding carboxylic acids is 1. The number of ketones is 1. The summed E-state index contributed by atoms with van der Waals surface area (Å²) < 4.78 is 52.1. The van der Waals surface area contributed by atoms with E-state index in [-0.39, 0.29) is 11.5 Å². The van der Waals surface area contributed by atoms with E-state index < -0.39 is 11.7 Å². The number of pyridine rings is 1. The molecule has 0 unspecified atom stereocenters. The predicted molar refractivity (Wildman–Crippen MR) is 132 cm³/mol. The first-order valence-corrected chi connectivity index (χ1v) is 11.6. The van der Waals surface area contributed by atoms with E-state index in [4.69, 9.17) is 9.47 Å². The van der Waals surface area contributed by atoms with Gasteiger partial charge in [-0.2, -0.15) is 13.2 Å². The fourth-order valence-corrected chi connectivity index (χ4v) is 4.20. The SMILES string of the molecule is COc1ccc(CN(Cc2ccc(OC)cc2)c2ccc(C(F)(F)F)c(C3=CC(=O)CCC3)n2)cc1. The molecule has 3 aromatic rings. The third-order valence-electron chi connectivity index (χ3n) is 6.08. The maximum absolute atomic E-state index is 13.9. The minimum atomic E-state index is -4.58. The summed E-state index contributed by atoms with van der Waals surface area (Å²) in [6.07, 6.45) is -2.05. The summed E-state index contributed by atoms with van der Waals surface area (Å²) in [4.78, 5) is 18.4. The molecule has 0 atom stereocenters. The van der Waals surface area contributed by atoms with Gasteiger partial charge in [0.2, 0.25) is 0 Å². The number of hydrogen-bond donors (Lipinski definition) is 0. The average Bonchev–Trinajstić information content (AvgIpc) is 2.88. The van der Waals surface area contributed by atoms with Crippen LogP contribution in [0.2, 0.25) is 0 Å². The van der Waals surface area contributed by atoms with Crippen LogP contribution in [-0.4, -0.2) is 25.0 Å². The van der Waals surface area contributed by atoms with Gasteiger partial charge in [0.25, 0.3) is 0 Å². The van der Waals surface area contributed by atoms with Gasteiger partial charge in [-0.25, -0.2) is 4.98 Å². The summed E-state index contributed by atoms with van der Waals surface area (Å²) in [5.74, 6) is 1.64. The highest BCUT2D eigenvalue weighted by molar-refractivity contribution is 5.98. The summed E-state index contributed by atoms with van der Waals surface area (Å²) in [6, 6.07) is 17.4. The van der Waals surface area contributed by atoms with Crippen molar-refractivity contribution in [3.05, 3.63) is 89.1 Å². The summed E-state index contributed by atoms with van der Waals surface area (Å²) >= 11 is 0. The highest BCUT2D eigenvalue weighted by atomic mass is 19.4. The van der Waals surface area contributed by atoms with Gasteiger partial charge in [-0.05, 0) is 72.0 Å². The van der Waals surface area contributed by atoms with E-state index in [1.807, 2.05) is 53.4 Å². The molecule has 0 fully saturated rings. The summed E-state index contributed by atoms with van der Waals surface area (Å²) in [5.41, 5.74) is 1.21. The Kier molecular flexibility index (Phi) is 7.62. The predicted octanol–water partition coefficient (Wildman–Crippen LogP) is 6.46. The molecule has 0 spiro atoms. The fourth-order valence-electron chi connectivity index (χ4n) is 4.20. The number of ether oxygens (including phenoxy) is 2. The molecule has 0 saturated heterocycles. The van der Waals surface area contributed by atoms with E-state index >= 15 is 0 Å². The van der Waals surface area contributed by atoms with Crippen molar-refractivity contribution < 1.29 is 27.4 Å². The smallest absolute Gasteiger partial charge is 0.418 e. The number of nitrogens with zero attached hydrogens (tertiary/aromatic N) is 2. The Labute approximate surface area is 208 Å². The van der Waals surface area contributed by atoms with E-state index in [9.17, 15) is 18.0 Å². The molecule has 2 aromatic carbocycles. The molecule has 36 heavy (non-hydrogen) atoms. The average molecular weight is 497 g/mol. The van der Waals surface area contributed by atoms with Crippen molar-refractivity contribution in [2.24, 2.45) is 0 Å². The molecule has 0 amide bonds. The lowest BCUT2D eigenvalue weighted by Crippen LogP contribution is -2.24. The normalized spacial score (nSPS) is 13.8. The number of alkyl halides is 3. The van der Waals surface area contributed by atoms with Crippen LogP contribution in [0.5, 0.6) is 11.5 Å². The lowest BCUT2D eigenvalue weighted by Gasteiger charge is -2.26. The zero-order chi connectivity index (χ0) is 25.7. The molecule has 0 saturated carbocycles. The van der Waals surface area contributed by atoms with Crippen molar-refractivity contribution in [1.29, 1.82) is 0 Å². The first-order chi connectivity index (χ1) is 17.3. The van der Waals surface area contributed by atoms with Gasteiger partial charge in [-0.15, -0.1) is 0 Å². The largest absolute Gasteiger partial charge is 0.497 e. The van der Waals surface area contributed by atoms with E-state index in [0.29, 0.717) is 55.2 Å². The molecule has 188 valence electrons. The Bertz CT molecular complexity index is 1190. The molecule has 8 heteroatoms. The third-order valence-corrected chi connectivity index (χ3v) is 6.08. The number of allylic oxidation sites excluding steroid dienone is 2. The van der Waals surface area contributed by atoms with Gasteiger partial charge >= 0.3 is 6.18 Å². The lowest BCUT2D eigenvalue weighted by atomic mass is 9.93. The maximum Gasteiger partial charge on any atom is 0.418 e. The van der Waals surface area contributed by atoms with E-state index in [1.54, 1.807) is 14.2 Å². The molecule has 1 aliphatic carbocycles. The van der Waals surface area contributed by atoms with Crippen LogP contribution in [0.4, 0.5) is 19.0 Å². The molecule has 0 radical (unpaired) electrons. The van der Waals surface area contributed by atoms with Gasteiger partial charge in [0.15, 0.2) is 5.78 Å². The molecule has 1 aliphatic rings. The van der Waals surface area contributed by atoms with E-state index in [0.717, 1.165) is 17.2 Å². The minimum Gasteiger partial charge on any atom is -0.497 e. The Morgan fingerprint density at radius 1 is 0.833 bits per heavy atom. The number of halogens is 3. The molecule has 0 bridgehead atoms. The molecule has 5 nitrogen and oxygen atoms in total. The zero-order valence-electron chi connectivity index (χ0n) is 20.1. The number of methoxy groups -OCH3 is 2. The summed E-state index contributed by atoms with van der Waals surface area (Å²) in [5, 5.41) is 0. The van der Waals surface area contributed by atoms with Crippen LogP contribution in [-0.2, 0) is 24.1 Å². The molecule has 0 aliphatic heterocycles. The van der Waals surface area contributed by atoms with Crippen molar-refractivity contribution in [3.8, 4) is 11.5 Å². The van der Waals surface area contributed by atoms with Crippen LogP contribution in [0.1, 0.15) is 41.6 Å². The molecule has 1 aromatic heterocycles. The Morgan fingerprint density at radius 2 is 1.39 bits per heavy atom. The summed E-state index contributed by atoms with van der Waals surface area (Å²) in [7, 11) is 3.17. The van der Waals surface area contributed by atoms with Crippen LogP contribution in [0.15, 0.2) is 66.7 Å². The van der Waals surface area contributed by atoms with Gasteiger partial charge < -0.3 is 14.4 Å². The topological polar surface area (TPSA) is 51.7 Å². The highest BCUT2D eigenvalue weighted by Crippen LogP contribution is 2.38.